The topological polar surface area (TPSA) is 38.3 Å². The van der Waals surface area contributed by atoms with E-state index in [4.69, 9.17) is 4.74 Å². The van der Waals surface area contributed by atoms with E-state index in [9.17, 15) is 4.79 Å². The van der Waals surface area contributed by atoms with E-state index in [2.05, 4.69) is 23.5 Å². The van der Waals surface area contributed by atoms with Gasteiger partial charge in [-0.25, -0.2) is 0 Å². The van der Waals surface area contributed by atoms with Gasteiger partial charge in [0.1, 0.15) is 5.75 Å². The van der Waals surface area contributed by atoms with Crippen LogP contribution < -0.4 is 10.1 Å². The maximum Gasteiger partial charge on any atom is 0.251 e. The molecule has 0 bridgehead atoms. The van der Waals surface area contributed by atoms with Gasteiger partial charge in [-0.05, 0) is 87.4 Å². The molecule has 1 aliphatic rings. The zero-order valence-electron chi connectivity index (χ0n) is 15.3. The smallest absolute Gasteiger partial charge is 0.251 e. The minimum Gasteiger partial charge on any atom is -0.491 e. The summed E-state index contributed by atoms with van der Waals surface area (Å²) in [6.45, 7) is 6.01. The molecule has 3 rings (SSSR count). The van der Waals surface area contributed by atoms with Gasteiger partial charge in [-0.2, -0.15) is 0 Å². The first-order valence-electron chi connectivity index (χ1n) is 9.22. The molecule has 1 aliphatic carbocycles. The normalized spacial score (nSPS) is 14.7. The number of amides is 1. The summed E-state index contributed by atoms with van der Waals surface area (Å²) in [7, 11) is 0. The number of carbonyl (C=O) groups excluding carboxylic acids is 1. The molecule has 1 atom stereocenters. The van der Waals surface area contributed by atoms with Gasteiger partial charge < -0.3 is 10.1 Å². The summed E-state index contributed by atoms with van der Waals surface area (Å²) in [6, 6.07) is 13.9. The van der Waals surface area contributed by atoms with Gasteiger partial charge in [0.25, 0.3) is 5.91 Å². The number of benzene rings is 2. The van der Waals surface area contributed by atoms with Gasteiger partial charge in [0, 0.05) is 5.56 Å². The van der Waals surface area contributed by atoms with Gasteiger partial charge in [-0.3, -0.25) is 4.79 Å². The summed E-state index contributed by atoms with van der Waals surface area (Å²) in [6.07, 6.45) is 5.02. The highest BCUT2D eigenvalue weighted by molar-refractivity contribution is 5.94. The minimum atomic E-state index is -0.0543. The summed E-state index contributed by atoms with van der Waals surface area (Å²) in [5.74, 6) is 0.732. The third-order valence-electron chi connectivity index (χ3n) is 4.71. The van der Waals surface area contributed by atoms with Crippen molar-refractivity contribution in [3.8, 4) is 5.75 Å². The molecule has 2 aromatic carbocycles. The molecule has 25 heavy (non-hydrogen) atoms. The molecule has 1 N–H and O–H groups in total. The van der Waals surface area contributed by atoms with Gasteiger partial charge in [0.05, 0.1) is 12.1 Å². The first kappa shape index (κ1) is 17.5. The highest BCUT2D eigenvalue weighted by Gasteiger charge is 2.15. The van der Waals surface area contributed by atoms with E-state index in [-0.39, 0.29) is 18.1 Å². The molecule has 0 spiro atoms. The maximum atomic E-state index is 12.5. The van der Waals surface area contributed by atoms with E-state index >= 15 is 0 Å². The Bertz CT molecular complexity index is 734. The molecule has 1 unspecified atom stereocenters. The predicted molar refractivity (Wildman–Crippen MR) is 101 cm³/mol. The number of fused-ring (bicyclic) bond motifs is 1. The summed E-state index contributed by atoms with van der Waals surface area (Å²) in [4.78, 5) is 12.5. The standard InChI is InChI=1S/C22H27NO2/c1-15(2)25-21-12-10-18(11-13-21)22(24)23-16(3)19-9-8-17-6-4-5-7-20(17)14-19/h8-16H,4-7H2,1-3H3,(H,23,24). The molecule has 3 heteroatoms. The van der Waals surface area contributed by atoms with Crippen molar-refractivity contribution in [1.29, 1.82) is 0 Å². The maximum absolute atomic E-state index is 12.5. The number of hydrogen-bond donors (Lipinski definition) is 1. The lowest BCUT2D eigenvalue weighted by molar-refractivity contribution is 0.0940. The summed E-state index contributed by atoms with van der Waals surface area (Å²) in [5.41, 5.74) is 4.74. The Morgan fingerprint density at radius 1 is 0.960 bits per heavy atom. The molecule has 0 saturated heterocycles. The largest absolute Gasteiger partial charge is 0.491 e. The van der Waals surface area contributed by atoms with Gasteiger partial charge >= 0.3 is 0 Å². The zero-order valence-corrected chi connectivity index (χ0v) is 15.3. The van der Waals surface area contributed by atoms with Crippen LogP contribution >= 0.6 is 0 Å². The van der Waals surface area contributed by atoms with Crippen molar-refractivity contribution in [3.05, 3.63) is 64.7 Å². The van der Waals surface area contributed by atoms with Crippen molar-refractivity contribution in [2.75, 3.05) is 0 Å². The molecule has 132 valence electrons. The Balaban J connectivity index is 1.66. The molecular formula is C22H27NO2. The summed E-state index contributed by atoms with van der Waals surface area (Å²) < 4.78 is 5.62. The van der Waals surface area contributed by atoms with Crippen LogP contribution in [0.5, 0.6) is 5.75 Å². The van der Waals surface area contributed by atoms with Crippen LogP contribution in [0.2, 0.25) is 0 Å². The van der Waals surface area contributed by atoms with Crippen LogP contribution in [0.4, 0.5) is 0 Å². The Hall–Kier alpha value is -2.29. The zero-order chi connectivity index (χ0) is 17.8. The Morgan fingerprint density at radius 2 is 1.64 bits per heavy atom. The third kappa shape index (κ3) is 4.41. The van der Waals surface area contributed by atoms with E-state index in [1.54, 1.807) is 0 Å². The van der Waals surface area contributed by atoms with Gasteiger partial charge in [-0.15, -0.1) is 0 Å². The average Bonchev–Trinajstić information content (AvgIpc) is 2.61. The fourth-order valence-electron chi connectivity index (χ4n) is 3.34. The number of ether oxygens (including phenoxy) is 1. The number of nitrogens with one attached hydrogen (secondary N) is 1. The van der Waals surface area contributed by atoms with Gasteiger partial charge in [-0.1, -0.05) is 18.2 Å². The number of hydrogen-bond acceptors (Lipinski definition) is 2. The van der Waals surface area contributed by atoms with E-state index in [0.717, 1.165) is 12.2 Å². The minimum absolute atomic E-state index is 0.00804. The average molecular weight is 337 g/mol. The van der Waals surface area contributed by atoms with Crippen molar-refractivity contribution in [2.24, 2.45) is 0 Å². The molecule has 0 fully saturated rings. The van der Waals surface area contributed by atoms with Crippen molar-refractivity contribution in [1.82, 2.24) is 5.32 Å². The van der Waals surface area contributed by atoms with E-state index in [0.29, 0.717) is 5.56 Å². The summed E-state index contributed by atoms with van der Waals surface area (Å²) >= 11 is 0. The van der Waals surface area contributed by atoms with Crippen LogP contribution in [0.3, 0.4) is 0 Å². The molecule has 0 radical (unpaired) electrons. The van der Waals surface area contributed by atoms with Crippen molar-refractivity contribution in [3.63, 3.8) is 0 Å². The lowest BCUT2D eigenvalue weighted by atomic mass is 9.89. The fraction of sp³-hybridized carbons (Fsp3) is 0.409. The fourth-order valence-corrected chi connectivity index (χ4v) is 3.34. The highest BCUT2D eigenvalue weighted by atomic mass is 16.5. The second kappa shape index (κ2) is 7.73. The van der Waals surface area contributed by atoms with E-state index in [1.807, 2.05) is 45.0 Å². The molecule has 3 nitrogen and oxygen atoms in total. The molecular weight excluding hydrogens is 310 g/mol. The number of rotatable bonds is 5. The lowest BCUT2D eigenvalue weighted by Gasteiger charge is -2.20. The van der Waals surface area contributed by atoms with Crippen molar-refractivity contribution < 1.29 is 9.53 Å². The monoisotopic (exact) mass is 337 g/mol. The summed E-state index contributed by atoms with van der Waals surface area (Å²) in [5, 5.41) is 3.10. The lowest BCUT2D eigenvalue weighted by Crippen LogP contribution is -2.26. The van der Waals surface area contributed by atoms with Crippen LogP contribution in [0, 0.1) is 0 Å². The molecule has 2 aromatic rings. The van der Waals surface area contributed by atoms with Crippen LogP contribution in [-0.2, 0) is 12.8 Å². The van der Waals surface area contributed by atoms with Crippen LogP contribution in [0.15, 0.2) is 42.5 Å². The SMILES string of the molecule is CC(C)Oc1ccc(C(=O)NC(C)c2ccc3c(c2)CCCC3)cc1. The van der Waals surface area contributed by atoms with Crippen LogP contribution in [0.25, 0.3) is 0 Å². The number of aryl methyl sites for hydroxylation is 2. The Morgan fingerprint density at radius 3 is 2.32 bits per heavy atom. The Labute approximate surface area is 150 Å². The van der Waals surface area contributed by atoms with Crippen LogP contribution in [0.1, 0.15) is 66.7 Å². The number of carbonyl (C=O) groups is 1. The first-order chi connectivity index (χ1) is 12.0. The second-order valence-corrected chi connectivity index (χ2v) is 7.12. The third-order valence-corrected chi connectivity index (χ3v) is 4.71. The van der Waals surface area contributed by atoms with Gasteiger partial charge in [0.2, 0.25) is 0 Å². The van der Waals surface area contributed by atoms with Crippen molar-refractivity contribution >= 4 is 5.91 Å². The molecule has 0 aromatic heterocycles. The quantitative estimate of drug-likeness (QED) is 0.847. The molecule has 0 saturated carbocycles. The Kier molecular flexibility index (Phi) is 5.42. The van der Waals surface area contributed by atoms with Crippen molar-refractivity contribution in [2.45, 2.75) is 58.6 Å². The first-order valence-corrected chi connectivity index (χ1v) is 9.22. The predicted octanol–water partition coefficient (Wildman–Crippen LogP) is 4.84. The molecule has 0 aliphatic heterocycles. The highest BCUT2D eigenvalue weighted by Crippen LogP contribution is 2.25. The van der Waals surface area contributed by atoms with Crippen LogP contribution in [-0.4, -0.2) is 12.0 Å². The van der Waals surface area contributed by atoms with Gasteiger partial charge in [0.15, 0.2) is 0 Å². The second-order valence-electron chi connectivity index (χ2n) is 7.12. The molecule has 0 heterocycles. The molecule has 1 amide bonds. The van der Waals surface area contributed by atoms with E-state index in [1.165, 1.54) is 36.0 Å². The van der Waals surface area contributed by atoms with E-state index < -0.39 is 0 Å².